The topological polar surface area (TPSA) is 88.2 Å². The lowest BCUT2D eigenvalue weighted by Crippen LogP contribution is -2.44. The largest absolute Gasteiger partial charge is 0.368 e. The van der Waals surface area contributed by atoms with E-state index >= 15 is 0 Å². The Morgan fingerprint density at radius 1 is 1.06 bits per heavy atom. The molecule has 166 valence electrons. The number of aromatic nitrogens is 3. The molecule has 2 aliphatic rings. The normalized spacial score (nSPS) is 24.3. The second-order valence-corrected chi connectivity index (χ2v) is 9.73. The molecule has 3 heterocycles. The summed E-state index contributed by atoms with van der Waals surface area (Å²) in [6, 6.07) is 9.43. The highest BCUT2D eigenvalue weighted by atomic mass is 32.2. The number of anilines is 2. The van der Waals surface area contributed by atoms with Crippen molar-refractivity contribution in [3.05, 3.63) is 36.4 Å². The zero-order valence-corrected chi connectivity index (χ0v) is 19.2. The average Bonchev–Trinajstić information content (AvgIpc) is 2.76. The number of unbranched alkanes of at least 4 members (excludes halogenated alkanes) is 2. The van der Waals surface area contributed by atoms with Gasteiger partial charge in [-0.25, -0.2) is 9.97 Å². The molecule has 1 aromatic heterocycles. The van der Waals surface area contributed by atoms with Crippen molar-refractivity contribution in [1.82, 2.24) is 19.9 Å². The fourth-order valence-electron chi connectivity index (χ4n) is 4.72. The van der Waals surface area contributed by atoms with Crippen LogP contribution in [-0.2, 0) is 4.79 Å². The van der Waals surface area contributed by atoms with Crippen LogP contribution in [0.25, 0.3) is 0 Å². The number of amides is 1. The Kier molecular flexibility index (Phi) is 7.07. The number of nitrogen functional groups attached to an aromatic ring is 1. The molecule has 4 rings (SSSR count). The first-order valence-electron chi connectivity index (χ1n) is 11.3. The first kappa shape index (κ1) is 22.0. The monoisotopic (exact) mass is 440 g/mol. The highest BCUT2D eigenvalue weighted by Crippen LogP contribution is 2.45. The highest BCUT2D eigenvalue weighted by molar-refractivity contribution is 8.00. The van der Waals surface area contributed by atoms with Gasteiger partial charge in [0.1, 0.15) is 11.6 Å². The summed E-state index contributed by atoms with van der Waals surface area (Å²) >= 11 is 1.49. The van der Waals surface area contributed by atoms with Gasteiger partial charge in [0.05, 0.1) is 5.69 Å². The number of nitrogens with two attached hydrogens (primary N) is 1. The van der Waals surface area contributed by atoms with E-state index in [-0.39, 0.29) is 11.9 Å². The molecule has 1 amide bonds. The second kappa shape index (κ2) is 9.96. The fourth-order valence-corrected chi connectivity index (χ4v) is 5.87. The molecule has 1 aromatic carbocycles. The quantitative estimate of drug-likeness (QED) is 0.649. The maximum Gasteiger partial charge on any atom is 0.248 e. The first-order chi connectivity index (χ1) is 15.0. The van der Waals surface area contributed by atoms with Gasteiger partial charge in [0.25, 0.3) is 0 Å². The zero-order chi connectivity index (χ0) is 21.8. The van der Waals surface area contributed by atoms with Crippen molar-refractivity contribution in [3.8, 4) is 0 Å². The number of likely N-dealkylation sites (tertiary alicyclic amines) is 1. The molecular weight excluding hydrogens is 408 g/mol. The van der Waals surface area contributed by atoms with Crippen molar-refractivity contribution < 1.29 is 4.79 Å². The van der Waals surface area contributed by atoms with Crippen LogP contribution >= 0.6 is 11.8 Å². The molecule has 0 radical (unpaired) electrons. The van der Waals surface area contributed by atoms with Crippen LogP contribution in [0.5, 0.6) is 0 Å². The molecular formula is C23H32N6OS. The summed E-state index contributed by atoms with van der Waals surface area (Å²) < 4.78 is 0. The Hall–Kier alpha value is -2.19. The molecule has 0 saturated carbocycles. The first-order valence-corrected chi connectivity index (χ1v) is 12.2. The van der Waals surface area contributed by atoms with Crippen molar-refractivity contribution in [3.63, 3.8) is 0 Å². The van der Waals surface area contributed by atoms with E-state index in [0.29, 0.717) is 24.5 Å². The Labute approximate surface area is 188 Å². The number of carbonyl (C=O) groups excluding carboxylic acids is 1. The van der Waals surface area contributed by atoms with E-state index in [1.165, 1.54) is 43.8 Å². The van der Waals surface area contributed by atoms with Gasteiger partial charge in [-0.2, -0.15) is 4.98 Å². The summed E-state index contributed by atoms with van der Waals surface area (Å²) in [5.74, 6) is 0.590. The number of hydrogen-bond donors (Lipinski definition) is 1. The van der Waals surface area contributed by atoms with E-state index in [4.69, 9.17) is 5.73 Å². The van der Waals surface area contributed by atoms with Crippen molar-refractivity contribution >= 4 is 29.3 Å². The van der Waals surface area contributed by atoms with E-state index in [2.05, 4.69) is 39.8 Å². The van der Waals surface area contributed by atoms with Crippen molar-refractivity contribution in [2.45, 2.75) is 74.6 Å². The number of fused-ring (bicyclic) bond motifs is 1. The van der Waals surface area contributed by atoms with Crippen molar-refractivity contribution in [2.24, 2.45) is 0 Å². The second-order valence-electron chi connectivity index (χ2n) is 8.58. The molecule has 31 heavy (non-hydrogen) atoms. The lowest BCUT2D eigenvalue weighted by Gasteiger charge is -2.39. The molecule has 3 atom stereocenters. The zero-order valence-electron chi connectivity index (χ0n) is 18.4. The number of piperidine rings is 1. The third-order valence-corrected chi connectivity index (χ3v) is 7.66. The summed E-state index contributed by atoms with van der Waals surface area (Å²) in [6.45, 7) is 6.56. The van der Waals surface area contributed by atoms with Crippen LogP contribution in [0.1, 0.15) is 63.4 Å². The van der Waals surface area contributed by atoms with Gasteiger partial charge in [0.15, 0.2) is 5.82 Å². The number of benzene rings is 1. The average molecular weight is 441 g/mol. The molecule has 7 nitrogen and oxygen atoms in total. The molecule has 8 heteroatoms. The maximum absolute atomic E-state index is 13.4. The SMILES string of the molecule is C[C@@H]1CCC[C@H](C)N1CCCCCN1C(=O)C(c2ncnc(N)n2)Sc2ccccc21. The summed E-state index contributed by atoms with van der Waals surface area (Å²) in [6.07, 6.45) is 8.60. The van der Waals surface area contributed by atoms with Gasteiger partial charge in [-0.1, -0.05) is 25.0 Å². The fraction of sp³-hybridized carbons (Fsp3) is 0.565. The van der Waals surface area contributed by atoms with Gasteiger partial charge in [-0.15, -0.1) is 11.8 Å². The standard InChI is InChI=1S/C23H32N6OS/c1-16-9-8-10-17(2)28(16)13-6-3-7-14-29-18-11-4-5-12-19(18)31-20(22(29)30)21-25-15-26-23(24)27-21/h4-5,11-12,15-17,20H,3,6-10,13-14H2,1-2H3,(H2,24,25,26,27)/t16-,17+,20?. The summed E-state index contributed by atoms with van der Waals surface area (Å²) in [5, 5.41) is -0.491. The van der Waals surface area contributed by atoms with Crippen LogP contribution in [0.4, 0.5) is 11.6 Å². The van der Waals surface area contributed by atoms with E-state index in [1.807, 2.05) is 23.1 Å². The highest BCUT2D eigenvalue weighted by Gasteiger charge is 2.36. The van der Waals surface area contributed by atoms with Crippen LogP contribution in [0.2, 0.25) is 0 Å². The third kappa shape index (κ3) is 5.01. The molecule has 0 bridgehead atoms. The van der Waals surface area contributed by atoms with Crippen molar-refractivity contribution in [1.29, 1.82) is 0 Å². The number of nitrogens with zero attached hydrogens (tertiary/aromatic N) is 5. The van der Waals surface area contributed by atoms with E-state index in [9.17, 15) is 4.79 Å². The summed E-state index contributed by atoms with van der Waals surface area (Å²) in [7, 11) is 0. The number of hydrogen-bond acceptors (Lipinski definition) is 7. The van der Waals surface area contributed by atoms with Crippen LogP contribution in [0.3, 0.4) is 0 Å². The summed E-state index contributed by atoms with van der Waals surface area (Å²) in [4.78, 5) is 31.3. The molecule has 1 fully saturated rings. The van der Waals surface area contributed by atoms with Crippen LogP contribution in [0.15, 0.2) is 35.5 Å². The number of para-hydroxylation sites is 1. The molecule has 2 aliphatic heterocycles. The van der Waals surface area contributed by atoms with Crippen LogP contribution in [0, 0.1) is 0 Å². The van der Waals surface area contributed by atoms with E-state index in [0.717, 1.165) is 30.0 Å². The Morgan fingerprint density at radius 3 is 2.58 bits per heavy atom. The number of rotatable bonds is 7. The molecule has 0 spiro atoms. The molecule has 2 aromatic rings. The minimum atomic E-state index is -0.491. The van der Waals surface area contributed by atoms with Gasteiger partial charge in [-0.05, 0) is 58.2 Å². The Morgan fingerprint density at radius 2 is 1.81 bits per heavy atom. The molecule has 2 N–H and O–H groups in total. The van der Waals surface area contributed by atoms with Gasteiger partial charge < -0.3 is 10.6 Å². The number of carbonyl (C=O) groups is 1. The lowest BCUT2D eigenvalue weighted by atomic mass is 9.97. The van der Waals surface area contributed by atoms with Crippen LogP contribution in [-0.4, -0.2) is 50.9 Å². The van der Waals surface area contributed by atoms with E-state index in [1.54, 1.807) is 0 Å². The van der Waals surface area contributed by atoms with E-state index < -0.39 is 5.25 Å². The predicted molar refractivity (Wildman–Crippen MR) is 125 cm³/mol. The lowest BCUT2D eigenvalue weighted by molar-refractivity contribution is -0.118. The predicted octanol–water partition coefficient (Wildman–Crippen LogP) is 4.07. The molecule has 1 unspecified atom stereocenters. The summed E-state index contributed by atoms with van der Waals surface area (Å²) in [5.41, 5.74) is 6.71. The van der Waals surface area contributed by atoms with Crippen LogP contribution < -0.4 is 10.6 Å². The molecule has 1 saturated heterocycles. The van der Waals surface area contributed by atoms with Gasteiger partial charge >= 0.3 is 0 Å². The van der Waals surface area contributed by atoms with Crippen molar-refractivity contribution in [2.75, 3.05) is 23.7 Å². The maximum atomic E-state index is 13.4. The smallest absolute Gasteiger partial charge is 0.248 e. The minimum Gasteiger partial charge on any atom is -0.368 e. The molecule has 0 aliphatic carbocycles. The Bertz CT molecular complexity index is 899. The third-order valence-electron chi connectivity index (χ3n) is 6.41. The Balaban J connectivity index is 1.39. The van der Waals surface area contributed by atoms with Gasteiger partial charge in [0.2, 0.25) is 11.9 Å². The van der Waals surface area contributed by atoms with Gasteiger partial charge in [-0.3, -0.25) is 9.69 Å². The number of thioether (sulfide) groups is 1. The minimum absolute atomic E-state index is 0.0209. The van der Waals surface area contributed by atoms with Gasteiger partial charge in [0, 0.05) is 23.5 Å².